The largest absolute Gasteiger partial charge is 0.416 e. The summed E-state index contributed by atoms with van der Waals surface area (Å²) in [5.74, 6) is -3.50. The van der Waals surface area contributed by atoms with E-state index in [1.807, 2.05) is 0 Å². The number of halogens is 6. The number of alkyl halides is 6. The van der Waals surface area contributed by atoms with Gasteiger partial charge in [-0.2, -0.15) is 26.3 Å². The minimum absolute atomic E-state index is 0.0104. The molecule has 1 aliphatic rings. The highest BCUT2D eigenvalue weighted by molar-refractivity contribution is 5.88. The Bertz CT molecular complexity index is 714. The summed E-state index contributed by atoms with van der Waals surface area (Å²) in [7, 11) is 2.66. The van der Waals surface area contributed by atoms with Crippen molar-refractivity contribution >= 4 is 11.8 Å². The van der Waals surface area contributed by atoms with Crippen LogP contribution in [0.25, 0.3) is 0 Å². The van der Waals surface area contributed by atoms with Gasteiger partial charge in [-0.1, -0.05) is 18.2 Å². The highest BCUT2D eigenvalue weighted by Crippen LogP contribution is 2.51. The van der Waals surface area contributed by atoms with Crippen molar-refractivity contribution in [3.63, 3.8) is 0 Å². The molecule has 0 N–H and O–H groups in total. The molecule has 1 fully saturated rings. The number of amides is 2. The van der Waals surface area contributed by atoms with Crippen LogP contribution in [0.1, 0.15) is 23.5 Å². The molecule has 0 heterocycles. The molecule has 27 heavy (non-hydrogen) atoms. The number of carbonyl (C=O) groups is 2. The first-order valence-electron chi connectivity index (χ1n) is 8.03. The van der Waals surface area contributed by atoms with E-state index in [4.69, 9.17) is 0 Å². The predicted octanol–water partition coefficient (Wildman–Crippen LogP) is 3.29. The van der Waals surface area contributed by atoms with Crippen LogP contribution in [0.3, 0.4) is 0 Å². The zero-order valence-electron chi connectivity index (χ0n) is 14.6. The third-order valence-electron chi connectivity index (χ3n) is 4.28. The lowest BCUT2D eigenvalue weighted by molar-refractivity contribution is -0.164. The third-order valence-corrected chi connectivity index (χ3v) is 4.28. The Morgan fingerprint density at radius 3 is 2.19 bits per heavy atom. The second-order valence-corrected chi connectivity index (χ2v) is 6.63. The lowest BCUT2D eigenvalue weighted by Crippen LogP contribution is -2.45. The molecular formula is C17H18F6N2O2. The Labute approximate surface area is 151 Å². The summed E-state index contributed by atoms with van der Waals surface area (Å²) in [5, 5.41) is 0. The van der Waals surface area contributed by atoms with Crippen molar-refractivity contribution < 1.29 is 35.9 Å². The van der Waals surface area contributed by atoms with E-state index >= 15 is 0 Å². The van der Waals surface area contributed by atoms with Gasteiger partial charge in [0.2, 0.25) is 11.8 Å². The summed E-state index contributed by atoms with van der Waals surface area (Å²) < 4.78 is 77.7. The van der Waals surface area contributed by atoms with Crippen molar-refractivity contribution in [2.75, 3.05) is 27.2 Å². The van der Waals surface area contributed by atoms with Crippen LogP contribution < -0.4 is 0 Å². The molecule has 1 aromatic rings. The van der Waals surface area contributed by atoms with Crippen LogP contribution in [0.15, 0.2) is 24.3 Å². The first-order valence-corrected chi connectivity index (χ1v) is 8.03. The molecule has 1 aliphatic carbocycles. The van der Waals surface area contributed by atoms with E-state index in [1.165, 1.54) is 32.3 Å². The summed E-state index contributed by atoms with van der Waals surface area (Å²) >= 11 is 0. The number of rotatable bonds is 5. The zero-order valence-corrected chi connectivity index (χ0v) is 14.6. The van der Waals surface area contributed by atoms with E-state index in [9.17, 15) is 35.9 Å². The van der Waals surface area contributed by atoms with E-state index in [2.05, 4.69) is 0 Å². The summed E-state index contributed by atoms with van der Waals surface area (Å²) in [6, 6.07) is 4.68. The van der Waals surface area contributed by atoms with Gasteiger partial charge in [-0.15, -0.1) is 0 Å². The smallest absolute Gasteiger partial charge is 0.347 e. The molecule has 1 saturated carbocycles. The lowest BCUT2D eigenvalue weighted by atomic mass is 10.0. The maximum absolute atomic E-state index is 13.1. The van der Waals surface area contributed by atoms with Crippen LogP contribution >= 0.6 is 0 Å². The van der Waals surface area contributed by atoms with Gasteiger partial charge >= 0.3 is 12.4 Å². The second-order valence-electron chi connectivity index (χ2n) is 6.63. The molecule has 2 atom stereocenters. The van der Waals surface area contributed by atoms with E-state index in [-0.39, 0.29) is 12.0 Å². The van der Waals surface area contributed by atoms with Gasteiger partial charge in [-0.3, -0.25) is 9.59 Å². The topological polar surface area (TPSA) is 40.6 Å². The summed E-state index contributed by atoms with van der Waals surface area (Å²) in [6.45, 7) is -2.41. The molecule has 0 aliphatic heterocycles. The van der Waals surface area contributed by atoms with Crippen molar-refractivity contribution in [3.05, 3.63) is 35.4 Å². The molecule has 0 aromatic heterocycles. The Morgan fingerprint density at radius 2 is 1.67 bits per heavy atom. The molecule has 0 radical (unpaired) electrons. The van der Waals surface area contributed by atoms with Crippen molar-refractivity contribution in [2.45, 2.75) is 24.7 Å². The van der Waals surface area contributed by atoms with Gasteiger partial charge in [-0.05, 0) is 24.0 Å². The molecular weight excluding hydrogens is 378 g/mol. The van der Waals surface area contributed by atoms with Crippen LogP contribution in [0.5, 0.6) is 0 Å². The summed E-state index contributed by atoms with van der Waals surface area (Å²) in [6.07, 6.45) is -9.34. The van der Waals surface area contributed by atoms with Crippen molar-refractivity contribution in [1.29, 1.82) is 0 Å². The summed E-state index contributed by atoms with van der Waals surface area (Å²) in [5.41, 5.74) is -1.02. The molecule has 10 heteroatoms. The highest BCUT2D eigenvalue weighted by atomic mass is 19.4. The number of likely N-dealkylation sites (N-methyl/N-ethyl adjacent to an activating group) is 1. The van der Waals surface area contributed by atoms with Gasteiger partial charge in [0.1, 0.15) is 13.1 Å². The molecule has 0 saturated heterocycles. The maximum Gasteiger partial charge on any atom is 0.416 e. The Morgan fingerprint density at radius 1 is 1.07 bits per heavy atom. The Hall–Kier alpha value is -2.26. The third kappa shape index (κ3) is 5.36. The summed E-state index contributed by atoms with van der Waals surface area (Å²) in [4.78, 5) is 25.6. The lowest BCUT2D eigenvalue weighted by Gasteiger charge is -2.25. The van der Waals surface area contributed by atoms with Gasteiger partial charge in [0, 0.05) is 20.0 Å². The number of hydrogen-bond acceptors (Lipinski definition) is 2. The van der Waals surface area contributed by atoms with Gasteiger partial charge in [0.25, 0.3) is 0 Å². The van der Waals surface area contributed by atoms with Gasteiger partial charge in [0.15, 0.2) is 0 Å². The van der Waals surface area contributed by atoms with Gasteiger partial charge in [0.05, 0.1) is 5.56 Å². The van der Waals surface area contributed by atoms with Crippen LogP contribution in [-0.4, -0.2) is 55.0 Å². The first kappa shape index (κ1) is 21.0. The SMILES string of the molecule is CN(C)C(=O)CN(CC(F)(F)F)C(=O)C1CC1c1ccccc1C(F)(F)F. The molecule has 150 valence electrons. The van der Waals surface area contributed by atoms with Gasteiger partial charge < -0.3 is 9.80 Å². The Balaban J connectivity index is 2.20. The molecule has 2 rings (SSSR count). The van der Waals surface area contributed by atoms with Crippen LogP contribution in [0.4, 0.5) is 26.3 Å². The standard InChI is InChI=1S/C17H18F6N2O2/c1-24(2)14(26)8-25(9-16(18,19)20)15(27)12-7-11(12)10-5-3-4-6-13(10)17(21,22)23/h3-6,11-12H,7-9H2,1-2H3. The van der Waals surface area contributed by atoms with Crippen molar-refractivity contribution in [3.8, 4) is 0 Å². The number of nitrogens with zero attached hydrogens (tertiary/aromatic N) is 2. The van der Waals surface area contributed by atoms with Crippen LogP contribution in [-0.2, 0) is 15.8 Å². The maximum atomic E-state index is 13.1. The molecule has 4 nitrogen and oxygen atoms in total. The van der Waals surface area contributed by atoms with Crippen LogP contribution in [0, 0.1) is 5.92 Å². The minimum atomic E-state index is -4.73. The van der Waals surface area contributed by atoms with E-state index in [1.54, 1.807) is 0 Å². The normalized spacial score (nSPS) is 19.6. The number of carbonyl (C=O) groups excluding carboxylic acids is 2. The second kappa shape index (κ2) is 7.40. The quantitative estimate of drug-likeness (QED) is 0.717. The van der Waals surface area contributed by atoms with Gasteiger partial charge in [-0.25, -0.2) is 0 Å². The average molecular weight is 396 g/mol. The fourth-order valence-electron chi connectivity index (χ4n) is 2.86. The average Bonchev–Trinajstić information content (AvgIpc) is 3.31. The van der Waals surface area contributed by atoms with E-state index in [0.29, 0.717) is 4.90 Å². The van der Waals surface area contributed by atoms with Crippen molar-refractivity contribution in [2.24, 2.45) is 5.92 Å². The van der Waals surface area contributed by atoms with E-state index < -0.39 is 54.7 Å². The van der Waals surface area contributed by atoms with E-state index in [0.717, 1.165) is 11.0 Å². The number of hydrogen-bond donors (Lipinski definition) is 0. The molecule has 2 amide bonds. The minimum Gasteiger partial charge on any atom is -0.347 e. The number of benzene rings is 1. The van der Waals surface area contributed by atoms with Crippen molar-refractivity contribution in [1.82, 2.24) is 9.80 Å². The fourth-order valence-corrected chi connectivity index (χ4v) is 2.86. The zero-order chi connectivity index (χ0) is 20.6. The molecule has 1 aromatic carbocycles. The van der Waals surface area contributed by atoms with Crippen LogP contribution in [0.2, 0.25) is 0 Å². The fraction of sp³-hybridized carbons (Fsp3) is 0.529. The molecule has 2 unspecified atom stereocenters. The monoisotopic (exact) mass is 396 g/mol. The first-order chi connectivity index (χ1) is 12.3. The predicted molar refractivity (Wildman–Crippen MR) is 83.6 cm³/mol. The highest BCUT2D eigenvalue weighted by Gasteiger charge is 2.50. The Kier molecular flexibility index (Phi) is 5.77. The molecule has 0 spiro atoms. The molecule has 0 bridgehead atoms.